The Bertz CT molecular complexity index is 1310. The highest BCUT2D eigenvalue weighted by Gasteiger charge is 2.41. The van der Waals surface area contributed by atoms with Gasteiger partial charge in [0, 0.05) is 37.0 Å². The van der Waals surface area contributed by atoms with Crippen LogP contribution in [-0.2, 0) is 11.3 Å². The molecular formula is C26H23N5O2S. The zero-order valence-electron chi connectivity index (χ0n) is 18.5. The fourth-order valence-corrected chi connectivity index (χ4v) is 4.71. The maximum absolute atomic E-state index is 12.5. The van der Waals surface area contributed by atoms with Crippen LogP contribution in [0.4, 0.5) is 0 Å². The van der Waals surface area contributed by atoms with Gasteiger partial charge in [0.2, 0.25) is 0 Å². The van der Waals surface area contributed by atoms with Crippen LogP contribution in [0.25, 0.3) is 5.69 Å². The molecule has 1 aromatic carbocycles. The van der Waals surface area contributed by atoms with E-state index >= 15 is 0 Å². The number of hydrogen-bond donors (Lipinski definition) is 1. The topological polar surface area (TPSA) is 72.3 Å². The Morgan fingerprint density at radius 2 is 1.91 bits per heavy atom. The lowest BCUT2D eigenvalue weighted by Crippen LogP contribution is -2.30. The third-order valence-corrected chi connectivity index (χ3v) is 6.28. The van der Waals surface area contributed by atoms with Crippen molar-refractivity contribution in [3.63, 3.8) is 0 Å². The molecular weight excluding hydrogens is 446 g/mol. The number of thiocarbonyl (C=S) groups is 1. The first-order valence-electron chi connectivity index (χ1n) is 10.9. The summed E-state index contributed by atoms with van der Waals surface area (Å²) in [6, 6.07) is 20.9. The normalized spacial score (nSPS) is 17.4. The standard InChI is InChI=1S/C26H23N5O2S/c1-33-25(32)19-9-2-3-11-21(19)30-15-7-12-22(30)24-23(20-10-4-5-14-28-20)29-26(34)31(24)17-18-8-6-13-27-16-18/h2-16,23-24H,17H2,1H3,(H,29,34). The zero-order valence-corrected chi connectivity index (χ0v) is 19.4. The summed E-state index contributed by atoms with van der Waals surface area (Å²) in [6.45, 7) is 0.581. The molecule has 5 rings (SSSR count). The molecule has 0 radical (unpaired) electrons. The fourth-order valence-electron chi connectivity index (χ4n) is 4.41. The number of methoxy groups -OCH3 is 1. The van der Waals surface area contributed by atoms with Gasteiger partial charge in [-0.05, 0) is 60.2 Å². The lowest BCUT2D eigenvalue weighted by molar-refractivity contribution is 0.0600. The fraction of sp³-hybridized carbons (Fsp3) is 0.154. The number of nitrogens with one attached hydrogen (secondary N) is 1. The molecule has 1 aliphatic rings. The molecule has 0 spiro atoms. The molecule has 4 aromatic rings. The van der Waals surface area contributed by atoms with Gasteiger partial charge in [0.05, 0.1) is 36.1 Å². The summed E-state index contributed by atoms with van der Waals surface area (Å²) in [5.74, 6) is -0.385. The average Bonchev–Trinajstić information content (AvgIpc) is 3.49. The van der Waals surface area contributed by atoms with Crippen molar-refractivity contribution in [1.29, 1.82) is 0 Å². The van der Waals surface area contributed by atoms with Crippen molar-refractivity contribution >= 4 is 23.3 Å². The van der Waals surface area contributed by atoms with E-state index in [1.807, 2.05) is 71.6 Å². The third kappa shape index (κ3) is 4.04. The van der Waals surface area contributed by atoms with Crippen molar-refractivity contribution in [3.05, 3.63) is 114 Å². The van der Waals surface area contributed by atoms with E-state index in [1.54, 1.807) is 18.5 Å². The molecule has 0 aliphatic carbocycles. The first kappa shape index (κ1) is 21.8. The number of pyridine rings is 2. The van der Waals surface area contributed by atoms with Crippen LogP contribution in [0.3, 0.4) is 0 Å². The first-order chi connectivity index (χ1) is 16.7. The molecule has 3 aromatic heterocycles. The van der Waals surface area contributed by atoms with E-state index in [9.17, 15) is 4.79 Å². The summed E-state index contributed by atoms with van der Waals surface area (Å²) < 4.78 is 7.06. The molecule has 0 saturated carbocycles. The largest absolute Gasteiger partial charge is 0.465 e. The van der Waals surface area contributed by atoms with E-state index in [2.05, 4.69) is 26.3 Å². The molecule has 1 saturated heterocycles. The van der Waals surface area contributed by atoms with Crippen molar-refractivity contribution < 1.29 is 9.53 Å². The molecule has 0 bridgehead atoms. The van der Waals surface area contributed by atoms with Gasteiger partial charge in [0.25, 0.3) is 0 Å². The molecule has 1 aliphatic heterocycles. The lowest BCUT2D eigenvalue weighted by Gasteiger charge is -2.29. The van der Waals surface area contributed by atoms with E-state index < -0.39 is 0 Å². The summed E-state index contributed by atoms with van der Waals surface area (Å²) in [4.78, 5) is 23.5. The van der Waals surface area contributed by atoms with Gasteiger partial charge in [0.15, 0.2) is 5.11 Å². The van der Waals surface area contributed by atoms with Gasteiger partial charge in [-0.1, -0.05) is 24.3 Å². The Labute approximate surface area is 203 Å². The third-order valence-electron chi connectivity index (χ3n) is 5.93. The minimum absolute atomic E-state index is 0.177. The van der Waals surface area contributed by atoms with Crippen molar-refractivity contribution in [2.75, 3.05) is 7.11 Å². The van der Waals surface area contributed by atoms with E-state index in [0.29, 0.717) is 17.2 Å². The molecule has 2 atom stereocenters. The van der Waals surface area contributed by atoms with Crippen LogP contribution < -0.4 is 5.32 Å². The molecule has 2 unspecified atom stereocenters. The second kappa shape index (κ2) is 9.44. The Balaban J connectivity index is 1.63. The summed E-state index contributed by atoms with van der Waals surface area (Å²) in [6.07, 6.45) is 7.34. The van der Waals surface area contributed by atoms with Crippen molar-refractivity contribution in [1.82, 2.24) is 24.8 Å². The van der Waals surface area contributed by atoms with Crippen LogP contribution in [-0.4, -0.2) is 37.6 Å². The lowest BCUT2D eigenvalue weighted by atomic mass is 10.0. The van der Waals surface area contributed by atoms with Crippen LogP contribution >= 0.6 is 12.2 Å². The highest BCUT2D eigenvalue weighted by Crippen LogP contribution is 2.40. The smallest absolute Gasteiger partial charge is 0.339 e. The predicted octanol–water partition coefficient (Wildman–Crippen LogP) is 4.23. The van der Waals surface area contributed by atoms with E-state index in [4.69, 9.17) is 17.0 Å². The number of benzene rings is 1. The van der Waals surface area contributed by atoms with Gasteiger partial charge in [-0.25, -0.2) is 4.79 Å². The minimum Gasteiger partial charge on any atom is -0.465 e. The molecule has 8 heteroatoms. The van der Waals surface area contributed by atoms with Crippen LogP contribution in [0.5, 0.6) is 0 Å². The number of esters is 1. The summed E-state index contributed by atoms with van der Waals surface area (Å²) >= 11 is 5.80. The van der Waals surface area contributed by atoms with Crippen LogP contribution in [0, 0.1) is 0 Å². The van der Waals surface area contributed by atoms with Crippen molar-refractivity contribution in [2.45, 2.75) is 18.6 Å². The predicted molar refractivity (Wildman–Crippen MR) is 132 cm³/mol. The van der Waals surface area contributed by atoms with Crippen LogP contribution in [0.2, 0.25) is 0 Å². The number of carbonyl (C=O) groups is 1. The molecule has 1 fully saturated rings. The zero-order chi connectivity index (χ0) is 23.5. The monoisotopic (exact) mass is 469 g/mol. The molecule has 1 N–H and O–H groups in total. The van der Waals surface area contributed by atoms with Crippen molar-refractivity contribution in [3.8, 4) is 5.69 Å². The van der Waals surface area contributed by atoms with Crippen LogP contribution in [0.1, 0.15) is 39.4 Å². The Hall–Kier alpha value is -4.04. The average molecular weight is 470 g/mol. The van der Waals surface area contributed by atoms with Gasteiger partial charge in [-0.3, -0.25) is 9.97 Å². The Morgan fingerprint density at radius 3 is 2.68 bits per heavy atom. The van der Waals surface area contributed by atoms with Gasteiger partial charge in [0.1, 0.15) is 0 Å². The molecule has 4 heterocycles. The number of hydrogen-bond acceptors (Lipinski definition) is 5. The SMILES string of the molecule is COC(=O)c1ccccc1-n1cccc1C1C(c2ccccn2)NC(=S)N1Cc1cccnc1. The van der Waals surface area contributed by atoms with E-state index in [-0.39, 0.29) is 18.1 Å². The number of nitrogens with zero attached hydrogens (tertiary/aromatic N) is 4. The van der Waals surface area contributed by atoms with Gasteiger partial charge in [-0.15, -0.1) is 0 Å². The first-order valence-corrected chi connectivity index (χ1v) is 11.3. The second-order valence-electron chi connectivity index (χ2n) is 7.93. The van der Waals surface area contributed by atoms with Crippen molar-refractivity contribution in [2.24, 2.45) is 0 Å². The highest BCUT2D eigenvalue weighted by atomic mass is 32.1. The Kier molecular flexibility index (Phi) is 6.05. The summed E-state index contributed by atoms with van der Waals surface area (Å²) in [5.41, 5.74) is 4.14. The Morgan fingerprint density at radius 1 is 1.06 bits per heavy atom. The molecule has 7 nitrogen and oxygen atoms in total. The highest BCUT2D eigenvalue weighted by molar-refractivity contribution is 7.80. The summed E-state index contributed by atoms with van der Waals surface area (Å²) in [5, 5.41) is 4.11. The number of aromatic nitrogens is 3. The quantitative estimate of drug-likeness (QED) is 0.335. The maximum atomic E-state index is 12.5. The summed E-state index contributed by atoms with van der Waals surface area (Å²) in [7, 11) is 1.39. The van der Waals surface area contributed by atoms with E-state index in [0.717, 1.165) is 22.6 Å². The number of ether oxygens (including phenoxy) is 1. The number of carbonyl (C=O) groups excluding carboxylic acids is 1. The van der Waals surface area contributed by atoms with Gasteiger partial charge >= 0.3 is 5.97 Å². The van der Waals surface area contributed by atoms with E-state index in [1.165, 1.54) is 7.11 Å². The number of para-hydroxylation sites is 1. The van der Waals surface area contributed by atoms with Gasteiger partial charge in [-0.2, -0.15) is 0 Å². The maximum Gasteiger partial charge on any atom is 0.339 e. The molecule has 170 valence electrons. The molecule has 34 heavy (non-hydrogen) atoms. The molecule has 0 amide bonds. The van der Waals surface area contributed by atoms with Gasteiger partial charge < -0.3 is 19.5 Å². The minimum atomic E-state index is -0.385. The van der Waals surface area contributed by atoms with Crippen LogP contribution in [0.15, 0.2) is 91.5 Å². The second-order valence-corrected chi connectivity index (χ2v) is 8.31. The number of rotatable bonds is 6.